The van der Waals surface area contributed by atoms with Crippen LogP contribution in [0.25, 0.3) is 11.3 Å². The van der Waals surface area contributed by atoms with Gasteiger partial charge in [0.25, 0.3) is 0 Å². The maximum absolute atomic E-state index is 14.5. The third kappa shape index (κ3) is 8.85. The van der Waals surface area contributed by atoms with E-state index < -0.39 is 11.8 Å². The number of nitrogens with zero attached hydrogens (tertiary/aromatic N) is 2. The fourth-order valence-corrected chi connectivity index (χ4v) is 4.19. The molecular weight excluding hydrogens is 451 g/mol. The first-order valence-corrected chi connectivity index (χ1v) is 13.5. The lowest BCUT2D eigenvalue weighted by atomic mass is 10.1. The van der Waals surface area contributed by atoms with Gasteiger partial charge in [-0.2, -0.15) is 0 Å². The normalized spacial score (nSPS) is 11.0. The van der Waals surface area contributed by atoms with Crippen molar-refractivity contribution in [3.63, 3.8) is 0 Å². The molecule has 36 heavy (non-hydrogen) atoms. The molecule has 0 saturated carbocycles. The van der Waals surface area contributed by atoms with Crippen LogP contribution in [0.3, 0.4) is 0 Å². The topological polar surface area (TPSA) is 52.1 Å². The number of aryl methyl sites for hydroxylation is 2. The fourth-order valence-electron chi connectivity index (χ4n) is 4.19. The highest BCUT2D eigenvalue weighted by molar-refractivity contribution is 5.91. The second-order valence-electron chi connectivity index (χ2n) is 9.45. The highest BCUT2D eigenvalue weighted by Crippen LogP contribution is 2.22. The van der Waals surface area contributed by atoms with Crippen molar-refractivity contribution in [2.24, 2.45) is 0 Å². The number of esters is 1. The Balaban J connectivity index is 1.51. The Kier molecular flexibility index (Phi) is 11.6. The van der Waals surface area contributed by atoms with Crippen molar-refractivity contribution in [2.45, 2.75) is 90.9 Å². The summed E-state index contributed by atoms with van der Waals surface area (Å²) in [7, 11) is 0. The second-order valence-corrected chi connectivity index (χ2v) is 9.45. The van der Waals surface area contributed by atoms with Crippen molar-refractivity contribution in [3.8, 4) is 17.0 Å². The zero-order valence-electron chi connectivity index (χ0n) is 21.8. The predicted molar refractivity (Wildman–Crippen MR) is 144 cm³/mol. The van der Waals surface area contributed by atoms with Crippen molar-refractivity contribution in [1.82, 2.24) is 9.97 Å². The van der Waals surface area contributed by atoms with Gasteiger partial charge in [0.15, 0.2) is 11.6 Å². The largest absolute Gasteiger partial charge is 0.420 e. The van der Waals surface area contributed by atoms with Crippen molar-refractivity contribution in [3.05, 3.63) is 77.5 Å². The van der Waals surface area contributed by atoms with Crippen molar-refractivity contribution in [1.29, 1.82) is 0 Å². The summed E-state index contributed by atoms with van der Waals surface area (Å²) in [6.07, 6.45) is 17.5. The molecule has 192 valence electrons. The van der Waals surface area contributed by atoms with E-state index in [1.54, 1.807) is 24.4 Å². The van der Waals surface area contributed by atoms with E-state index in [1.807, 2.05) is 24.4 Å². The molecule has 0 aliphatic rings. The van der Waals surface area contributed by atoms with E-state index in [-0.39, 0.29) is 5.75 Å². The number of carbonyl (C=O) groups excluding carboxylic acids is 1. The molecule has 0 spiro atoms. The molecular formula is C31H39FN2O2. The first-order valence-electron chi connectivity index (χ1n) is 13.5. The van der Waals surface area contributed by atoms with Crippen LogP contribution < -0.4 is 4.74 Å². The molecule has 0 radical (unpaired) electrons. The third-order valence-corrected chi connectivity index (χ3v) is 6.43. The second kappa shape index (κ2) is 15.1. The highest BCUT2D eigenvalue weighted by atomic mass is 19.1. The average molecular weight is 491 g/mol. The number of ether oxygens (including phenoxy) is 1. The molecule has 0 saturated heterocycles. The fraction of sp³-hybridized carbons (Fsp3) is 0.452. The number of hydrogen-bond acceptors (Lipinski definition) is 4. The number of benzene rings is 2. The van der Waals surface area contributed by atoms with Gasteiger partial charge in [0.1, 0.15) is 0 Å². The SMILES string of the molecule is CCCCCCCCc1cnc(-c2ccc(C(=O)Oc3ccc(CCCCCC)cc3F)cc2)cn1. The smallest absolute Gasteiger partial charge is 0.343 e. The van der Waals surface area contributed by atoms with Gasteiger partial charge in [-0.1, -0.05) is 83.4 Å². The molecule has 0 aliphatic carbocycles. The molecule has 4 nitrogen and oxygen atoms in total. The molecule has 2 aromatic carbocycles. The van der Waals surface area contributed by atoms with E-state index in [2.05, 4.69) is 23.8 Å². The van der Waals surface area contributed by atoms with Gasteiger partial charge in [-0.25, -0.2) is 9.18 Å². The molecule has 1 heterocycles. The summed E-state index contributed by atoms with van der Waals surface area (Å²) in [5.74, 6) is -1.14. The number of carbonyl (C=O) groups is 1. The molecule has 1 aromatic heterocycles. The summed E-state index contributed by atoms with van der Waals surface area (Å²) in [5.41, 5.74) is 3.90. The Bertz CT molecular complexity index is 1060. The van der Waals surface area contributed by atoms with Crippen molar-refractivity contribution in [2.75, 3.05) is 0 Å². The quantitative estimate of drug-likeness (QED) is 0.122. The van der Waals surface area contributed by atoms with E-state index in [0.29, 0.717) is 5.56 Å². The van der Waals surface area contributed by atoms with Gasteiger partial charge in [0.2, 0.25) is 0 Å². The summed E-state index contributed by atoms with van der Waals surface area (Å²) in [6.45, 7) is 4.40. The van der Waals surface area contributed by atoms with Gasteiger partial charge in [0.05, 0.1) is 23.1 Å². The summed E-state index contributed by atoms with van der Waals surface area (Å²) in [6, 6.07) is 11.8. The molecule has 5 heteroatoms. The zero-order chi connectivity index (χ0) is 25.6. The van der Waals surface area contributed by atoms with E-state index in [9.17, 15) is 9.18 Å². The standard InChI is InChI=1S/C31H39FN2O2/c1-3-5-7-9-10-12-14-27-22-34-29(23-33-27)25-16-18-26(19-17-25)31(35)36-30-20-15-24(21-28(30)32)13-11-8-6-4-2/h15-23H,3-14H2,1-2H3. The molecule has 0 atom stereocenters. The van der Waals surface area contributed by atoms with Crippen LogP contribution >= 0.6 is 0 Å². The van der Waals surface area contributed by atoms with Gasteiger partial charge < -0.3 is 4.74 Å². The van der Waals surface area contributed by atoms with Crippen molar-refractivity contribution >= 4 is 5.97 Å². The minimum atomic E-state index is -0.587. The molecule has 3 rings (SSSR count). The van der Waals surface area contributed by atoms with Crippen LogP contribution in [0.4, 0.5) is 4.39 Å². The Morgan fingerprint density at radius 2 is 1.44 bits per heavy atom. The average Bonchev–Trinajstić information content (AvgIpc) is 2.90. The third-order valence-electron chi connectivity index (χ3n) is 6.43. The molecule has 0 N–H and O–H groups in total. The van der Waals surface area contributed by atoms with Crippen LogP contribution in [-0.4, -0.2) is 15.9 Å². The van der Waals surface area contributed by atoms with Crippen LogP contribution in [0.1, 0.15) is 99.7 Å². The molecule has 3 aromatic rings. The lowest BCUT2D eigenvalue weighted by molar-refractivity contribution is 0.0728. The van der Waals surface area contributed by atoms with Crippen LogP contribution in [-0.2, 0) is 12.8 Å². The minimum Gasteiger partial charge on any atom is -0.420 e. The van der Waals surface area contributed by atoms with E-state index in [1.165, 1.54) is 51.0 Å². The lowest BCUT2D eigenvalue weighted by Gasteiger charge is -2.08. The molecule has 0 bridgehead atoms. The van der Waals surface area contributed by atoms with Gasteiger partial charge in [-0.05, 0) is 55.5 Å². The predicted octanol–water partition coefficient (Wildman–Crippen LogP) is 8.53. The first kappa shape index (κ1) is 27.5. The number of halogens is 1. The van der Waals surface area contributed by atoms with E-state index >= 15 is 0 Å². The molecule has 0 fully saturated rings. The van der Waals surface area contributed by atoms with Crippen LogP contribution in [0.2, 0.25) is 0 Å². The minimum absolute atomic E-state index is 0.0480. The summed E-state index contributed by atoms with van der Waals surface area (Å²) < 4.78 is 19.8. The Morgan fingerprint density at radius 1 is 0.778 bits per heavy atom. The Labute approximate surface area is 215 Å². The zero-order valence-corrected chi connectivity index (χ0v) is 21.8. The highest BCUT2D eigenvalue weighted by Gasteiger charge is 2.13. The van der Waals surface area contributed by atoms with Gasteiger partial charge in [-0.3, -0.25) is 9.97 Å². The van der Waals surface area contributed by atoms with Crippen LogP contribution in [0.5, 0.6) is 5.75 Å². The van der Waals surface area contributed by atoms with E-state index in [4.69, 9.17) is 4.74 Å². The maximum atomic E-state index is 14.5. The van der Waals surface area contributed by atoms with Gasteiger partial charge in [0, 0.05) is 11.8 Å². The molecule has 0 aliphatic heterocycles. The summed E-state index contributed by atoms with van der Waals surface area (Å²) >= 11 is 0. The Hall–Kier alpha value is -3.08. The van der Waals surface area contributed by atoms with Gasteiger partial charge >= 0.3 is 5.97 Å². The number of hydrogen-bond donors (Lipinski definition) is 0. The Morgan fingerprint density at radius 3 is 2.11 bits per heavy atom. The first-order chi connectivity index (χ1) is 17.6. The molecule has 0 unspecified atom stereocenters. The van der Waals surface area contributed by atoms with Crippen LogP contribution in [0, 0.1) is 5.82 Å². The maximum Gasteiger partial charge on any atom is 0.343 e. The number of aromatic nitrogens is 2. The number of unbranched alkanes of at least 4 members (excludes halogenated alkanes) is 8. The molecule has 0 amide bonds. The van der Waals surface area contributed by atoms with Crippen LogP contribution in [0.15, 0.2) is 54.9 Å². The number of rotatable bonds is 15. The monoisotopic (exact) mass is 490 g/mol. The van der Waals surface area contributed by atoms with E-state index in [0.717, 1.165) is 54.6 Å². The summed E-state index contributed by atoms with van der Waals surface area (Å²) in [4.78, 5) is 21.6. The van der Waals surface area contributed by atoms with Gasteiger partial charge in [-0.15, -0.1) is 0 Å². The summed E-state index contributed by atoms with van der Waals surface area (Å²) in [5, 5.41) is 0. The van der Waals surface area contributed by atoms with Crippen molar-refractivity contribution < 1.29 is 13.9 Å². The lowest BCUT2D eigenvalue weighted by Crippen LogP contribution is -2.09.